The molecule has 100 valence electrons. The van der Waals surface area contributed by atoms with Gasteiger partial charge in [-0.05, 0) is 18.8 Å². The number of hydrogen-bond acceptors (Lipinski definition) is 1. The predicted octanol–water partition coefficient (Wildman–Crippen LogP) is 2.77. The lowest BCUT2D eigenvalue weighted by Gasteiger charge is -2.32. The Morgan fingerprint density at radius 1 is 1.35 bits per heavy atom. The van der Waals surface area contributed by atoms with Gasteiger partial charge < -0.3 is 10.2 Å². The van der Waals surface area contributed by atoms with Crippen molar-refractivity contribution in [3.8, 4) is 0 Å². The van der Waals surface area contributed by atoms with Gasteiger partial charge in [0.2, 0.25) is 0 Å². The SMILES string of the molecule is CCCC1CCN(C(=O)NCC(F)(F)F)CC1. The highest BCUT2D eigenvalue weighted by atomic mass is 19.4. The second-order valence-corrected chi connectivity index (χ2v) is 4.49. The molecule has 0 aromatic carbocycles. The molecule has 1 rings (SSSR count). The quantitative estimate of drug-likeness (QED) is 0.823. The Kier molecular flexibility index (Phi) is 5.08. The van der Waals surface area contributed by atoms with Crippen molar-refractivity contribution in [1.82, 2.24) is 10.2 Å². The molecule has 0 aliphatic carbocycles. The molecule has 1 N–H and O–H groups in total. The summed E-state index contributed by atoms with van der Waals surface area (Å²) in [5.74, 6) is 0.617. The Morgan fingerprint density at radius 2 is 1.94 bits per heavy atom. The van der Waals surface area contributed by atoms with Crippen molar-refractivity contribution in [2.45, 2.75) is 38.8 Å². The van der Waals surface area contributed by atoms with Crippen LogP contribution in [0.3, 0.4) is 0 Å². The average molecular weight is 252 g/mol. The normalized spacial score (nSPS) is 18.2. The fourth-order valence-corrected chi connectivity index (χ4v) is 2.12. The van der Waals surface area contributed by atoms with Crippen molar-refractivity contribution in [2.24, 2.45) is 5.92 Å². The third-order valence-electron chi connectivity index (χ3n) is 3.04. The summed E-state index contributed by atoms with van der Waals surface area (Å²) in [5, 5.41) is 1.90. The summed E-state index contributed by atoms with van der Waals surface area (Å²) >= 11 is 0. The molecule has 1 aliphatic heterocycles. The zero-order chi connectivity index (χ0) is 12.9. The molecule has 1 aliphatic rings. The standard InChI is InChI=1S/C11H19F3N2O/c1-2-3-9-4-6-16(7-5-9)10(17)15-8-11(12,13)14/h9H,2-8H2,1H3,(H,15,17). The maximum Gasteiger partial charge on any atom is 0.405 e. The van der Waals surface area contributed by atoms with Gasteiger partial charge in [0.1, 0.15) is 6.54 Å². The second-order valence-electron chi connectivity index (χ2n) is 4.49. The van der Waals surface area contributed by atoms with Gasteiger partial charge >= 0.3 is 12.2 Å². The monoisotopic (exact) mass is 252 g/mol. The third kappa shape index (κ3) is 5.28. The van der Waals surface area contributed by atoms with Crippen LogP contribution in [0.15, 0.2) is 0 Å². The average Bonchev–Trinajstić information content (AvgIpc) is 2.26. The van der Waals surface area contributed by atoms with Gasteiger partial charge in [0.15, 0.2) is 0 Å². The summed E-state index contributed by atoms with van der Waals surface area (Å²) in [7, 11) is 0. The van der Waals surface area contributed by atoms with Crippen molar-refractivity contribution >= 4 is 6.03 Å². The Morgan fingerprint density at radius 3 is 2.41 bits per heavy atom. The smallest absolute Gasteiger partial charge is 0.329 e. The highest BCUT2D eigenvalue weighted by Crippen LogP contribution is 2.21. The highest BCUT2D eigenvalue weighted by Gasteiger charge is 2.29. The maximum absolute atomic E-state index is 11.9. The van der Waals surface area contributed by atoms with Gasteiger partial charge in [0.25, 0.3) is 0 Å². The van der Waals surface area contributed by atoms with E-state index in [1.165, 1.54) is 4.90 Å². The molecule has 1 heterocycles. The molecular formula is C11H19F3N2O. The summed E-state index contributed by atoms with van der Waals surface area (Å²) in [5.41, 5.74) is 0. The molecule has 0 unspecified atom stereocenters. The molecule has 2 amide bonds. The number of halogens is 3. The van der Waals surface area contributed by atoms with E-state index in [2.05, 4.69) is 6.92 Å². The highest BCUT2D eigenvalue weighted by molar-refractivity contribution is 5.74. The first-order valence-electron chi connectivity index (χ1n) is 6.02. The lowest BCUT2D eigenvalue weighted by Crippen LogP contribution is -2.46. The molecule has 0 bridgehead atoms. The minimum Gasteiger partial charge on any atom is -0.329 e. The predicted molar refractivity (Wildman–Crippen MR) is 58.7 cm³/mol. The van der Waals surface area contributed by atoms with Crippen LogP contribution in [0.25, 0.3) is 0 Å². The number of piperidine rings is 1. The summed E-state index contributed by atoms with van der Waals surface area (Å²) < 4.78 is 35.7. The summed E-state index contributed by atoms with van der Waals surface area (Å²) in [6.07, 6.45) is -0.292. The number of nitrogens with one attached hydrogen (secondary N) is 1. The van der Waals surface area contributed by atoms with Crippen molar-refractivity contribution in [2.75, 3.05) is 19.6 Å². The van der Waals surface area contributed by atoms with Crippen LogP contribution in [0, 0.1) is 5.92 Å². The van der Waals surface area contributed by atoms with E-state index in [1.54, 1.807) is 0 Å². The first-order chi connectivity index (χ1) is 7.92. The molecule has 0 radical (unpaired) electrons. The number of urea groups is 1. The van der Waals surface area contributed by atoms with Crippen molar-refractivity contribution in [3.63, 3.8) is 0 Å². The van der Waals surface area contributed by atoms with E-state index in [0.29, 0.717) is 19.0 Å². The molecule has 1 saturated heterocycles. The number of hydrogen-bond donors (Lipinski definition) is 1. The van der Waals surface area contributed by atoms with E-state index in [-0.39, 0.29) is 0 Å². The Hall–Kier alpha value is -0.940. The van der Waals surface area contributed by atoms with Gasteiger partial charge in [0.05, 0.1) is 0 Å². The zero-order valence-corrected chi connectivity index (χ0v) is 10.0. The van der Waals surface area contributed by atoms with Crippen LogP contribution in [0.2, 0.25) is 0 Å². The Balaban J connectivity index is 2.26. The zero-order valence-electron chi connectivity index (χ0n) is 10.0. The third-order valence-corrected chi connectivity index (χ3v) is 3.04. The summed E-state index contributed by atoms with van der Waals surface area (Å²) in [6, 6.07) is -0.600. The van der Waals surface area contributed by atoms with Gasteiger partial charge in [-0.1, -0.05) is 19.8 Å². The Labute approximate surface area is 99.4 Å². The van der Waals surface area contributed by atoms with Gasteiger partial charge in [-0.15, -0.1) is 0 Å². The van der Waals surface area contributed by atoms with Gasteiger partial charge in [-0.3, -0.25) is 0 Å². The summed E-state index contributed by atoms with van der Waals surface area (Å²) in [6.45, 7) is 1.99. The number of carbonyl (C=O) groups excluding carboxylic acids is 1. The second kappa shape index (κ2) is 6.12. The Bertz CT molecular complexity index is 248. The lowest BCUT2D eigenvalue weighted by molar-refractivity contribution is -0.123. The first kappa shape index (κ1) is 14.1. The van der Waals surface area contributed by atoms with Crippen LogP contribution in [0.4, 0.5) is 18.0 Å². The molecule has 0 aromatic rings. The number of nitrogens with zero attached hydrogens (tertiary/aromatic N) is 1. The number of rotatable bonds is 3. The summed E-state index contributed by atoms with van der Waals surface area (Å²) in [4.78, 5) is 12.9. The number of likely N-dealkylation sites (tertiary alicyclic amines) is 1. The van der Waals surface area contributed by atoms with Crippen molar-refractivity contribution < 1.29 is 18.0 Å². The molecule has 0 atom stereocenters. The maximum atomic E-state index is 11.9. The lowest BCUT2D eigenvalue weighted by atomic mass is 9.93. The minimum absolute atomic E-state index is 0.564. The van der Waals surface area contributed by atoms with Gasteiger partial charge in [0, 0.05) is 13.1 Å². The van der Waals surface area contributed by atoms with Gasteiger partial charge in [-0.2, -0.15) is 13.2 Å². The van der Waals surface area contributed by atoms with Gasteiger partial charge in [-0.25, -0.2) is 4.79 Å². The fourth-order valence-electron chi connectivity index (χ4n) is 2.12. The molecule has 6 heteroatoms. The molecule has 17 heavy (non-hydrogen) atoms. The van der Waals surface area contributed by atoms with E-state index < -0.39 is 18.8 Å². The molecular weight excluding hydrogens is 233 g/mol. The van der Waals surface area contributed by atoms with E-state index >= 15 is 0 Å². The van der Waals surface area contributed by atoms with E-state index in [1.807, 2.05) is 5.32 Å². The fraction of sp³-hybridized carbons (Fsp3) is 0.909. The molecule has 0 saturated carbocycles. The van der Waals surface area contributed by atoms with Crippen LogP contribution in [0.1, 0.15) is 32.6 Å². The van der Waals surface area contributed by atoms with E-state index in [9.17, 15) is 18.0 Å². The van der Waals surface area contributed by atoms with Crippen LogP contribution < -0.4 is 5.32 Å². The number of carbonyl (C=O) groups is 1. The minimum atomic E-state index is -4.34. The van der Waals surface area contributed by atoms with Crippen molar-refractivity contribution in [3.05, 3.63) is 0 Å². The first-order valence-corrected chi connectivity index (χ1v) is 6.02. The van der Waals surface area contributed by atoms with Crippen LogP contribution >= 0.6 is 0 Å². The van der Waals surface area contributed by atoms with E-state index in [4.69, 9.17) is 0 Å². The number of amides is 2. The largest absolute Gasteiger partial charge is 0.405 e. The van der Waals surface area contributed by atoms with Crippen LogP contribution in [-0.2, 0) is 0 Å². The molecule has 0 aromatic heterocycles. The molecule has 1 fully saturated rings. The molecule has 0 spiro atoms. The van der Waals surface area contributed by atoms with Crippen LogP contribution in [0.5, 0.6) is 0 Å². The van der Waals surface area contributed by atoms with E-state index in [0.717, 1.165) is 25.7 Å². The topological polar surface area (TPSA) is 32.3 Å². The molecule has 3 nitrogen and oxygen atoms in total. The van der Waals surface area contributed by atoms with Crippen molar-refractivity contribution in [1.29, 1.82) is 0 Å². The van der Waals surface area contributed by atoms with Crippen LogP contribution in [-0.4, -0.2) is 36.7 Å². The number of alkyl halides is 3.